The van der Waals surface area contributed by atoms with E-state index >= 15 is 0 Å². The van der Waals surface area contributed by atoms with Crippen molar-refractivity contribution in [3.8, 4) is 11.1 Å². The van der Waals surface area contributed by atoms with Crippen molar-refractivity contribution in [1.82, 2.24) is 10.2 Å². The van der Waals surface area contributed by atoms with Crippen molar-refractivity contribution in [3.05, 3.63) is 95.6 Å². The lowest BCUT2D eigenvalue weighted by atomic mass is 9.97. The van der Waals surface area contributed by atoms with E-state index in [1.807, 2.05) is 6.07 Å². The number of nitrogens with zero attached hydrogens (tertiary/aromatic N) is 1. The van der Waals surface area contributed by atoms with Crippen LogP contribution in [0.1, 0.15) is 27.5 Å². The van der Waals surface area contributed by atoms with Gasteiger partial charge in [-0.1, -0.05) is 60.7 Å². The second-order valence-corrected chi connectivity index (χ2v) is 7.17. The molecule has 3 aromatic rings. The fourth-order valence-corrected chi connectivity index (χ4v) is 3.17. The standard InChI is InChI=1S/C24H21F3N2O2/c1-29(2)23(31)21(17-8-4-3-5-9-17)28-22(30)20-11-7-6-10-19(20)16-12-14-18(15-13-16)24(25,26)27/h3-15,21H,1-2H3,(H,28,30)/t21-/m0/s1. The molecular weight excluding hydrogens is 405 g/mol. The van der Waals surface area contributed by atoms with Gasteiger partial charge in [0.25, 0.3) is 5.91 Å². The highest BCUT2D eigenvalue weighted by Crippen LogP contribution is 2.32. The molecule has 0 spiro atoms. The number of carbonyl (C=O) groups is 2. The molecule has 0 bridgehead atoms. The van der Waals surface area contributed by atoms with Crippen molar-refractivity contribution in [2.24, 2.45) is 0 Å². The highest BCUT2D eigenvalue weighted by molar-refractivity contribution is 6.03. The molecule has 0 saturated carbocycles. The molecule has 2 amide bonds. The average Bonchev–Trinajstić information content (AvgIpc) is 2.77. The minimum Gasteiger partial charge on any atom is -0.347 e. The lowest BCUT2D eigenvalue weighted by Crippen LogP contribution is -2.40. The highest BCUT2D eigenvalue weighted by Gasteiger charge is 2.30. The van der Waals surface area contributed by atoms with Crippen LogP contribution < -0.4 is 5.32 Å². The highest BCUT2D eigenvalue weighted by atomic mass is 19.4. The van der Waals surface area contributed by atoms with Gasteiger partial charge in [-0.2, -0.15) is 13.2 Å². The molecule has 0 aliphatic heterocycles. The van der Waals surface area contributed by atoms with Crippen molar-refractivity contribution in [3.63, 3.8) is 0 Å². The molecule has 31 heavy (non-hydrogen) atoms. The Bertz CT molecular complexity index is 1060. The van der Waals surface area contributed by atoms with Crippen LogP contribution in [0.4, 0.5) is 13.2 Å². The maximum Gasteiger partial charge on any atom is 0.416 e. The van der Waals surface area contributed by atoms with Crippen LogP contribution in [0, 0.1) is 0 Å². The SMILES string of the molecule is CN(C)C(=O)[C@@H](NC(=O)c1ccccc1-c1ccc(C(F)(F)F)cc1)c1ccccc1. The maximum atomic E-state index is 13.1. The number of nitrogens with one attached hydrogen (secondary N) is 1. The smallest absolute Gasteiger partial charge is 0.347 e. The summed E-state index contributed by atoms with van der Waals surface area (Å²) >= 11 is 0. The third kappa shape index (κ3) is 5.12. The van der Waals surface area contributed by atoms with Crippen molar-refractivity contribution >= 4 is 11.8 Å². The fourth-order valence-electron chi connectivity index (χ4n) is 3.17. The minimum absolute atomic E-state index is 0.259. The third-order valence-electron chi connectivity index (χ3n) is 4.79. The van der Waals surface area contributed by atoms with Crippen molar-refractivity contribution in [1.29, 1.82) is 0 Å². The second-order valence-electron chi connectivity index (χ2n) is 7.17. The Morgan fingerprint density at radius 1 is 0.839 bits per heavy atom. The second kappa shape index (κ2) is 9.04. The predicted molar refractivity (Wildman–Crippen MR) is 112 cm³/mol. The normalized spacial score (nSPS) is 12.2. The van der Waals surface area contributed by atoms with Crippen LogP contribution in [-0.2, 0) is 11.0 Å². The number of carbonyl (C=O) groups excluding carboxylic acids is 2. The summed E-state index contributed by atoms with van der Waals surface area (Å²) in [4.78, 5) is 27.2. The van der Waals surface area contributed by atoms with Crippen LogP contribution in [-0.4, -0.2) is 30.8 Å². The monoisotopic (exact) mass is 426 g/mol. The molecule has 0 aliphatic carbocycles. The summed E-state index contributed by atoms with van der Waals surface area (Å²) in [5.74, 6) is -0.800. The number of alkyl halides is 3. The molecule has 0 aliphatic rings. The maximum absolute atomic E-state index is 13.1. The molecule has 160 valence electrons. The first kappa shape index (κ1) is 22.1. The Balaban J connectivity index is 1.94. The zero-order valence-corrected chi connectivity index (χ0v) is 17.0. The van der Waals surface area contributed by atoms with Crippen LogP contribution in [0.5, 0.6) is 0 Å². The summed E-state index contributed by atoms with van der Waals surface area (Å²) in [6.45, 7) is 0. The zero-order valence-electron chi connectivity index (χ0n) is 17.0. The fraction of sp³-hybridized carbons (Fsp3) is 0.167. The Labute approximate surface area is 178 Å². The molecule has 0 unspecified atom stereocenters. The van der Waals surface area contributed by atoms with Crippen molar-refractivity contribution < 1.29 is 22.8 Å². The summed E-state index contributed by atoms with van der Waals surface area (Å²) in [5, 5.41) is 2.77. The Hall–Kier alpha value is -3.61. The van der Waals surface area contributed by atoms with Gasteiger partial charge in [0.05, 0.1) is 5.56 Å². The van der Waals surface area contributed by atoms with Gasteiger partial charge < -0.3 is 10.2 Å². The van der Waals surface area contributed by atoms with E-state index < -0.39 is 23.7 Å². The number of likely N-dealkylation sites (N-methyl/N-ethyl adjacent to an activating group) is 1. The summed E-state index contributed by atoms with van der Waals surface area (Å²) in [6.07, 6.45) is -4.44. The lowest BCUT2D eigenvalue weighted by molar-refractivity contribution is -0.137. The van der Waals surface area contributed by atoms with E-state index in [4.69, 9.17) is 0 Å². The molecule has 0 heterocycles. The van der Waals surface area contributed by atoms with E-state index in [0.29, 0.717) is 16.7 Å². The lowest BCUT2D eigenvalue weighted by Gasteiger charge is -2.22. The first-order chi connectivity index (χ1) is 14.7. The molecule has 4 nitrogen and oxygen atoms in total. The zero-order chi connectivity index (χ0) is 22.6. The average molecular weight is 426 g/mol. The van der Waals surface area contributed by atoms with Gasteiger partial charge in [0.15, 0.2) is 0 Å². The molecule has 0 fully saturated rings. The number of halogens is 3. The molecule has 3 aromatic carbocycles. The van der Waals surface area contributed by atoms with E-state index in [-0.39, 0.29) is 11.5 Å². The van der Waals surface area contributed by atoms with E-state index in [1.54, 1.807) is 62.6 Å². The molecule has 1 atom stereocenters. The van der Waals surface area contributed by atoms with Gasteiger partial charge in [-0.3, -0.25) is 9.59 Å². The topological polar surface area (TPSA) is 49.4 Å². The van der Waals surface area contributed by atoms with Gasteiger partial charge >= 0.3 is 6.18 Å². The summed E-state index contributed by atoms with van der Waals surface area (Å²) in [7, 11) is 3.20. The third-order valence-corrected chi connectivity index (χ3v) is 4.79. The Morgan fingerprint density at radius 2 is 1.42 bits per heavy atom. The molecule has 7 heteroatoms. The van der Waals surface area contributed by atoms with Gasteiger partial charge in [0.1, 0.15) is 6.04 Å². The number of hydrogen-bond donors (Lipinski definition) is 1. The summed E-state index contributed by atoms with van der Waals surface area (Å²) in [6, 6.07) is 19.1. The van der Waals surface area contributed by atoms with Gasteiger partial charge in [-0.05, 0) is 34.9 Å². The van der Waals surface area contributed by atoms with Crippen LogP contribution >= 0.6 is 0 Å². The van der Waals surface area contributed by atoms with E-state index in [9.17, 15) is 22.8 Å². The van der Waals surface area contributed by atoms with Gasteiger partial charge in [-0.25, -0.2) is 0 Å². The van der Waals surface area contributed by atoms with Crippen molar-refractivity contribution in [2.75, 3.05) is 14.1 Å². The van der Waals surface area contributed by atoms with Crippen LogP contribution in [0.2, 0.25) is 0 Å². The number of benzene rings is 3. The molecule has 1 N–H and O–H groups in total. The number of hydrogen-bond acceptors (Lipinski definition) is 2. The summed E-state index contributed by atoms with van der Waals surface area (Å²) < 4.78 is 38.6. The van der Waals surface area contributed by atoms with Crippen LogP contribution in [0.15, 0.2) is 78.9 Å². The molecular formula is C24H21F3N2O2. The van der Waals surface area contributed by atoms with Gasteiger partial charge in [0, 0.05) is 19.7 Å². The van der Waals surface area contributed by atoms with Gasteiger partial charge in [0.2, 0.25) is 5.91 Å². The van der Waals surface area contributed by atoms with Gasteiger partial charge in [-0.15, -0.1) is 0 Å². The minimum atomic E-state index is -4.44. The van der Waals surface area contributed by atoms with Crippen LogP contribution in [0.3, 0.4) is 0 Å². The van der Waals surface area contributed by atoms with E-state index in [2.05, 4.69) is 5.32 Å². The van der Waals surface area contributed by atoms with E-state index in [1.165, 1.54) is 17.0 Å². The summed E-state index contributed by atoms with van der Waals surface area (Å²) in [5.41, 5.74) is 1.06. The molecule has 0 saturated heterocycles. The van der Waals surface area contributed by atoms with E-state index in [0.717, 1.165) is 12.1 Å². The van der Waals surface area contributed by atoms with Crippen LogP contribution in [0.25, 0.3) is 11.1 Å². The quantitative estimate of drug-likeness (QED) is 0.629. The Morgan fingerprint density at radius 3 is 2.00 bits per heavy atom. The Kier molecular flexibility index (Phi) is 6.44. The first-order valence-corrected chi connectivity index (χ1v) is 9.52. The predicted octanol–water partition coefficient (Wildman–Crippen LogP) is 4.93. The molecule has 0 aromatic heterocycles. The molecule has 3 rings (SSSR count). The number of amides is 2. The first-order valence-electron chi connectivity index (χ1n) is 9.52. The van der Waals surface area contributed by atoms with Crippen molar-refractivity contribution in [2.45, 2.75) is 12.2 Å². The largest absolute Gasteiger partial charge is 0.416 e. The molecule has 0 radical (unpaired) electrons. The number of rotatable bonds is 5.